The van der Waals surface area contributed by atoms with Crippen LogP contribution in [-0.2, 0) is 6.42 Å². The number of nitrogens with zero attached hydrogens (tertiary/aromatic N) is 1. The molecule has 3 heteroatoms. The average Bonchev–Trinajstić information content (AvgIpc) is 2.27. The summed E-state index contributed by atoms with van der Waals surface area (Å²) in [6.07, 6.45) is 3.39. The Morgan fingerprint density at radius 2 is 2.25 bits per heavy atom. The molecule has 88 valence electrons. The maximum absolute atomic E-state index is 6.18. The molecular weight excluding hydrogens is 220 g/mol. The van der Waals surface area contributed by atoms with Crippen LogP contribution in [0.1, 0.15) is 24.0 Å². The Balaban J connectivity index is 2.38. The molecule has 1 heterocycles. The van der Waals surface area contributed by atoms with Gasteiger partial charge in [0.05, 0.1) is 0 Å². The van der Waals surface area contributed by atoms with Crippen LogP contribution >= 0.6 is 11.6 Å². The minimum Gasteiger partial charge on any atom is -0.371 e. The third-order valence-corrected chi connectivity index (χ3v) is 4.01. The van der Waals surface area contributed by atoms with E-state index < -0.39 is 0 Å². The van der Waals surface area contributed by atoms with Crippen LogP contribution in [0.3, 0.4) is 0 Å². The molecular formula is C13H19ClN2. The normalized spacial score (nSPS) is 19.8. The minimum atomic E-state index is 0.565. The number of hydrogen-bond acceptors (Lipinski definition) is 2. The van der Waals surface area contributed by atoms with E-state index in [1.807, 2.05) is 6.07 Å². The summed E-state index contributed by atoms with van der Waals surface area (Å²) in [5.74, 6) is 0. The molecule has 1 atom stereocenters. The number of benzene rings is 1. The molecule has 0 radical (unpaired) electrons. The average molecular weight is 239 g/mol. The van der Waals surface area contributed by atoms with Gasteiger partial charge in [-0.25, -0.2) is 0 Å². The largest absolute Gasteiger partial charge is 0.371 e. The first kappa shape index (κ1) is 11.7. The van der Waals surface area contributed by atoms with E-state index in [2.05, 4.69) is 24.9 Å². The van der Waals surface area contributed by atoms with Crippen LogP contribution in [0, 0.1) is 6.92 Å². The van der Waals surface area contributed by atoms with Crippen molar-refractivity contribution in [1.82, 2.24) is 0 Å². The van der Waals surface area contributed by atoms with Crippen LogP contribution in [0.2, 0.25) is 5.02 Å². The highest BCUT2D eigenvalue weighted by Crippen LogP contribution is 2.36. The standard InChI is InChI=1S/C13H19ClN2/c1-9-12(14)6-4-10-3-5-11(7-8-15)16(2)13(9)10/h4,6,11H,3,5,7-8,15H2,1-2H3. The predicted octanol–water partition coefficient (Wildman–Crippen LogP) is 2.75. The van der Waals surface area contributed by atoms with E-state index >= 15 is 0 Å². The number of hydrogen-bond donors (Lipinski definition) is 1. The first-order chi connectivity index (χ1) is 7.65. The summed E-state index contributed by atoms with van der Waals surface area (Å²) < 4.78 is 0. The zero-order chi connectivity index (χ0) is 11.7. The SMILES string of the molecule is Cc1c(Cl)ccc2c1N(C)C(CCN)CC2. The van der Waals surface area contributed by atoms with Gasteiger partial charge in [0, 0.05) is 23.8 Å². The molecule has 1 unspecified atom stereocenters. The van der Waals surface area contributed by atoms with Gasteiger partial charge in [-0.1, -0.05) is 17.7 Å². The molecule has 2 rings (SSSR count). The molecule has 0 aliphatic carbocycles. The lowest BCUT2D eigenvalue weighted by Gasteiger charge is -2.37. The molecule has 0 saturated heterocycles. The van der Waals surface area contributed by atoms with E-state index in [4.69, 9.17) is 17.3 Å². The van der Waals surface area contributed by atoms with Gasteiger partial charge in [0.25, 0.3) is 0 Å². The number of halogens is 1. The number of rotatable bonds is 2. The Kier molecular flexibility index (Phi) is 3.41. The fourth-order valence-electron chi connectivity index (χ4n) is 2.65. The van der Waals surface area contributed by atoms with E-state index in [1.165, 1.54) is 23.2 Å². The molecule has 0 bridgehead atoms. The second-order valence-electron chi connectivity index (χ2n) is 4.56. The van der Waals surface area contributed by atoms with Gasteiger partial charge in [0.2, 0.25) is 0 Å². The summed E-state index contributed by atoms with van der Waals surface area (Å²) in [4.78, 5) is 2.35. The molecule has 1 aliphatic rings. The predicted molar refractivity (Wildman–Crippen MR) is 70.4 cm³/mol. The van der Waals surface area contributed by atoms with Crippen molar-refractivity contribution >= 4 is 17.3 Å². The van der Waals surface area contributed by atoms with Crippen molar-refractivity contribution in [3.05, 3.63) is 28.3 Å². The van der Waals surface area contributed by atoms with Crippen molar-refractivity contribution < 1.29 is 0 Å². The molecule has 2 N–H and O–H groups in total. The van der Waals surface area contributed by atoms with Crippen LogP contribution in [-0.4, -0.2) is 19.6 Å². The molecule has 1 aromatic rings. The molecule has 1 aromatic carbocycles. The van der Waals surface area contributed by atoms with E-state index in [-0.39, 0.29) is 0 Å². The lowest BCUT2D eigenvalue weighted by atomic mass is 9.92. The van der Waals surface area contributed by atoms with Crippen molar-refractivity contribution in [3.63, 3.8) is 0 Å². The van der Waals surface area contributed by atoms with E-state index in [0.717, 1.165) is 24.4 Å². The van der Waals surface area contributed by atoms with Crippen molar-refractivity contribution in [3.8, 4) is 0 Å². The maximum atomic E-state index is 6.18. The Bertz CT molecular complexity index is 390. The minimum absolute atomic E-state index is 0.565. The lowest BCUT2D eigenvalue weighted by molar-refractivity contribution is 0.526. The van der Waals surface area contributed by atoms with Gasteiger partial charge in [0.15, 0.2) is 0 Å². The molecule has 0 spiro atoms. The fourth-order valence-corrected chi connectivity index (χ4v) is 2.81. The topological polar surface area (TPSA) is 29.3 Å². The highest BCUT2D eigenvalue weighted by atomic mass is 35.5. The van der Waals surface area contributed by atoms with Gasteiger partial charge in [-0.3, -0.25) is 0 Å². The number of nitrogens with two attached hydrogens (primary N) is 1. The first-order valence-electron chi connectivity index (χ1n) is 5.86. The van der Waals surface area contributed by atoms with Gasteiger partial charge in [-0.15, -0.1) is 0 Å². The zero-order valence-corrected chi connectivity index (χ0v) is 10.7. The third kappa shape index (κ3) is 1.92. The van der Waals surface area contributed by atoms with Crippen LogP contribution in [0.15, 0.2) is 12.1 Å². The summed E-state index contributed by atoms with van der Waals surface area (Å²) in [6.45, 7) is 2.85. The number of aryl methyl sites for hydroxylation is 1. The van der Waals surface area contributed by atoms with Gasteiger partial charge >= 0.3 is 0 Å². The highest BCUT2D eigenvalue weighted by molar-refractivity contribution is 6.31. The second kappa shape index (κ2) is 4.64. The smallest absolute Gasteiger partial charge is 0.0456 e. The molecule has 2 nitrogen and oxygen atoms in total. The maximum Gasteiger partial charge on any atom is 0.0456 e. The number of anilines is 1. The van der Waals surface area contributed by atoms with Crippen molar-refractivity contribution in [2.45, 2.75) is 32.2 Å². The van der Waals surface area contributed by atoms with Crippen LogP contribution < -0.4 is 10.6 Å². The van der Waals surface area contributed by atoms with Crippen LogP contribution in [0.25, 0.3) is 0 Å². The second-order valence-corrected chi connectivity index (χ2v) is 4.97. The molecule has 0 fully saturated rings. The quantitative estimate of drug-likeness (QED) is 0.859. The zero-order valence-electron chi connectivity index (χ0n) is 9.96. The first-order valence-corrected chi connectivity index (χ1v) is 6.23. The molecule has 0 amide bonds. The third-order valence-electron chi connectivity index (χ3n) is 3.60. The van der Waals surface area contributed by atoms with Gasteiger partial charge in [0.1, 0.15) is 0 Å². The van der Waals surface area contributed by atoms with Crippen molar-refractivity contribution in [2.24, 2.45) is 5.73 Å². The van der Waals surface area contributed by atoms with Gasteiger partial charge < -0.3 is 10.6 Å². The van der Waals surface area contributed by atoms with E-state index in [1.54, 1.807) is 0 Å². The summed E-state index contributed by atoms with van der Waals surface area (Å²) >= 11 is 6.18. The lowest BCUT2D eigenvalue weighted by Crippen LogP contribution is -2.38. The molecule has 16 heavy (non-hydrogen) atoms. The highest BCUT2D eigenvalue weighted by Gasteiger charge is 2.24. The fraction of sp³-hybridized carbons (Fsp3) is 0.538. The van der Waals surface area contributed by atoms with Crippen LogP contribution in [0.4, 0.5) is 5.69 Å². The molecule has 1 aliphatic heterocycles. The summed E-state index contributed by atoms with van der Waals surface area (Å²) in [5.41, 5.74) is 9.59. The van der Waals surface area contributed by atoms with Crippen LogP contribution in [0.5, 0.6) is 0 Å². The van der Waals surface area contributed by atoms with E-state index in [0.29, 0.717) is 6.04 Å². The summed E-state index contributed by atoms with van der Waals surface area (Å²) in [6, 6.07) is 4.72. The Morgan fingerprint density at radius 1 is 1.50 bits per heavy atom. The Labute approximate surface area is 102 Å². The monoisotopic (exact) mass is 238 g/mol. The van der Waals surface area contributed by atoms with Gasteiger partial charge in [-0.05, 0) is 49.9 Å². The Morgan fingerprint density at radius 3 is 2.94 bits per heavy atom. The van der Waals surface area contributed by atoms with Crippen molar-refractivity contribution in [2.75, 3.05) is 18.5 Å². The van der Waals surface area contributed by atoms with Gasteiger partial charge in [-0.2, -0.15) is 0 Å². The molecule has 0 saturated carbocycles. The Hall–Kier alpha value is -0.730. The number of fused-ring (bicyclic) bond motifs is 1. The van der Waals surface area contributed by atoms with E-state index in [9.17, 15) is 0 Å². The summed E-state index contributed by atoms with van der Waals surface area (Å²) in [5, 5.41) is 0.860. The van der Waals surface area contributed by atoms with Crippen molar-refractivity contribution in [1.29, 1.82) is 0 Å². The summed E-state index contributed by atoms with van der Waals surface area (Å²) in [7, 11) is 2.15. The molecule has 0 aromatic heterocycles.